The molecular formula is C7F15KO3S. The van der Waals surface area contributed by atoms with Gasteiger partial charge in [0, 0.05) is 0 Å². The molecule has 0 saturated carbocycles. The molecule has 0 aromatic rings. The second-order valence-corrected chi connectivity index (χ2v) is 4.75. The number of hydrogen-bond acceptors (Lipinski definition) is 4. The van der Waals surface area contributed by atoms with Crippen LogP contribution in [0.2, 0.25) is 0 Å². The first-order valence-electron chi connectivity index (χ1n) is 5.04. The normalized spacial score (nSPS) is 15.7. The summed E-state index contributed by atoms with van der Waals surface area (Å²) >= 11 is 0. The van der Waals surface area contributed by atoms with Crippen molar-refractivity contribution in [3.63, 3.8) is 0 Å². The van der Waals surface area contributed by atoms with E-state index in [1.54, 1.807) is 0 Å². The molecule has 0 aromatic heterocycles. The van der Waals surface area contributed by atoms with Crippen molar-refractivity contribution >= 4 is 11.0 Å². The summed E-state index contributed by atoms with van der Waals surface area (Å²) in [4.78, 5) is 0. The standard InChI is InChI=1S/C7F15O3S.K/c8-1(9,2(10,11)4(14,15)6(18,19)20)3(12,13)5(16,17)7(21,22)25-26(23)24;/q-1;+1. The van der Waals surface area contributed by atoms with E-state index in [4.69, 9.17) is 0 Å². The monoisotopic (exact) mass is 488 g/mol. The molecule has 0 fully saturated rings. The fourth-order valence-electron chi connectivity index (χ4n) is 1.09. The summed E-state index contributed by atoms with van der Waals surface area (Å²) in [6.45, 7) is 0. The number of hydrogen-bond donors (Lipinski definition) is 0. The molecule has 0 spiro atoms. The zero-order valence-corrected chi connectivity index (χ0v) is 15.7. The third-order valence-corrected chi connectivity index (χ3v) is 2.82. The molecule has 0 rings (SSSR count). The first kappa shape index (κ1) is 29.7. The molecule has 0 aliphatic rings. The van der Waals surface area contributed by atoms with Crippen molar-refractivity contribution in [1.29, 1.82) is 0 Å². The van der Waals surface area contributed by atoms with Crippen LogP contribution in [-0.4, -0.2) is 41.9 Å². The number of halogens is 15. The Morgan fingerprint density at radius 3 is 1.00 bits per heavy atom. The van der Waals surface area contributed by atoms with Gasteiger partial charge in [0.1, 0.15) is 0 Å². The summed E-state index contributed by atoms with van der Waals surface area (Å²) in [5.41, 5.74) is 0. The summed E-state index contributed by atoms with van der Waals surface area (Å²) in [5, 5.41) is 0. The third-order valence-electron chi connectivity index (χ3n) is 2.47. The van der Waals surface area contributed by atoms with Gasteiger partial charge >= 0.3 is 93.3 Å². The Morgan fingerprint density at radius 1 is 0.481 bits per heavy atom. The molecule has 158 valence electrons. The molecule has 0 radical (unpaired) electrons. The van der Waals surface area contributed by atoms with Crippen molar-refractivity contribution in [2.75, 3.05) is 0 Å². The molecule has 27 heavy (non-hydrogen) atoms. The second-order valence-electron chi connectivity index (χ2n) is 4.17. The van der Waals surface area contributed by atoms with Gasteiger partial charge in [-0.05, 0) is 0 Å². The molecule has 0 amide bonds. The summed E-state index contributed by atoms with van der Waals surface area (Å²) in [6.07, 6.45) is -15.0. The van der Waals surface area contributed by atoms with Crippen LogP contribution in [0.4, 0.5) is 65.9 Å². The predicted molar refractivity (Wildman–Crippen MR) is 45.6 cm³/mol. The second kappa shape index (κ2) is 7.97. The van der Waals surface area contributed by atoms with Crippen LogP contribution < -0.4 is 51.4 Å². The predicted octanol–water partition coefficient (Wildman–Crippen LogP) is 1.56. The van der Waals surface area contributed by atoms with Gasteiger partial charge < -0.3 is 12.6 Å². The van der Waals surface area contributed by atoms with E-state index in [0.717, 1.165) is 0 Å². The Hall–Kier alpha value is 0.496. The molecule has 0 aromatic carbocycles. The van der Waals surface area contributed by atoms with Crippen molar-refractivity contribution in [3.05, 3.63) is 0 Å². The van der Waals surface area contributed by atoms with Gasteiger partial charge in [0.05, 0.1) is 11.0 Å². The Bertz CT molecular complexity index is 601. The third kappa shape index (κ3) is 4.49. The first-order chi connectivity index (χ1) is 10.9. The molecule has 0 saturated heterocycles. The molecule has 0 heterocycles. The van der Waals surface area contributed by atoms with Gasteiger partial charge in [-0.15, -0.1) is 0 Å². The fraction of sp³-hybridized carbons (Fsp3) is 1.00. The maximum Gasteiger partial charge on any atom is 1.00 e. The van der Waals surface area contributed by atoms with Crippen molar-refractivity contribution < 1.29 is 130 Å². The minimum absolute atomic E-state index is 0. The Labute approximate surface area is 181 Å². The molecule has 0 atom stereocenters. The van der Waals surface area contributed by atoms with Gasteiger partial charge in [0.25, 0.3) is 0 Å². The maximum atomic E-state index is 12.9. The van der Waals surface area contributed by atoms with Crippen LogP contribution in [0.5, 0.6) is 0 Å². The minimum atomic E-state index is -8.49. The molecule has 20 heteroatoms. The minimum Gasteiger partial charge on any atom is -0.397 e. The van der Waals surface area contributed by atoms with Crippen LogP contribution in [-0.2, 0) is 23.6 Å². The molecular weight excluding hydrogens is 488 g/mol. The molecule has 0 bridgehead atoms. The van der Waals surface area contributed by atoms with Crippen LogP contribution in [0.3, 0.4) is 0 Å². The van der Waals surface area contributed by atoms with E-state index >= 15 is 0 Å². The smallest absolute Gasteiger partial charge is 0.397 e. The van der Waals surface area contributed by atoms with Gasteiger partial charge in [-0.3, -0.25) is 0 Å². The Morgan fingerprint density at radius 2 is 0.741 bits per heavy atom. The Kier molecular flexibility index (Phi) is 8.76. The van der Waals surface area contributed by atoms with E-state index in [1.807, 2.05) is 4.18 Å². The van der Waals surface area contributed by atoms with Crippen LogP contribution >= 0.6 is 0 Å². The largest absolute Gasteiger partial charge is 1.00 e. The summed E-state index contributed by atoms with van der Waals surface area (Å²) < 4.78 is 209. The molecule has 0 unspecified atom stereocenters. The van der Waals surface area contributed by atoms with E-state index in [2.05, 4.69) is 0 Å². The number of alkyl halides is 15. The van der Waals surface area contributed by atoms with Crippen molar-refractivity contribution in [1.82, 2.24) is 0 Å². The average Bonchev–Trinajstić information content (AvgIpc) is 2.34. The molecule has 3 nitrogen and oxygen atoms in total. The Balaban J connectivity index is 0. The zero-order valence-electron chi connectivity index (χ0n) is 11.8. The van der Waals surface area contributed by atoms with Gasteiger partial charge in [-0.25, -0.2) is 0 Å². The molecule has 0 N–H and O–H groups in total. The SMILES string of the molecule is O=[S-](=O)OC(F)(F)C(F)(F)C(F)(F)C(F)(F)C(F)(F)C(F)(F)C(F)(F)F.[K+]. The van der Waals surface area contributed by atoms with Crippen LogP contribution in [0, 0.1) is 0 Å². The van der Waals surface area contributed by atoms with Crippen molar-refractivity contribution in [3.8, 4) is 0 Å². The maximum absolute atomic E-state index is 12.9. The summed E-state index contributed by atoms with van der Waals surface area (Å²) in [7, 11) is -4.87. The van der Waals surface area contributed by atoms with E-state index in [1.165, 1.54) is 0 Å². The zero-order chi connectivity index (χ0) is 21.8. The van der Waals surface area contributed by atoms with Crippen molar-refractivity contribution in [2.45, 2.75) is 41.9 Å². The topological polar surface area (TPSA) is 43.4 Å². The van der Waals surface area contributed by atoms with E-state index in [-0.39, 0.29) is 51.4 Å². The quantitative estimate of drug-likeness (QED) is 0.311. The van der Waals surface area contributed by atoms with Crippen LogP contribution in [0.15, 0.2) is 0 Å². The van der Waals surface area contributed by atoms with Crippen LogP contribution in [0.25, 0.3) is 0 Å². The average molecular weight is 488 g/mol. The first-order valence-corrected chi connectivity index (χ1v) is 6.04. The van der Waals surface area contributed by atoms with E-state index in [9.17, 15) is 74.3 Å². The molecule has 0 aliphatic carbocycles. The number of rotatable bonds is 7. The van der Waals surface area contributed by atoms with Gasteiger partial charge in [0.2, 0.25) is 0 Å². The van der Waals surface area contributed by atoms with Gasteiger partial charge in [-0.2, -0.15) is 65.9 Å². The molecule has 0 aliphatic heterocycles. The van der Waals surface area contributed by atoms with Crippen molar-refractivity contribution in [2.24, 2.45) is 0 Å². The summed E-state index contributed by atoms with van der Waals surface area (Å²) in [6, 6.07) is 0. The van der Waals surface area contributed by atoms with Gasteiger partial charge in [-0.1, -0.05) is 0 Å². The van der Waals surface area contributed by atoms with E-state index < -0.39 is 52.9 Å². The van der Waals surface area contributed by atoms with E-state index in [0.29, 0.717) is 0 Å². The van der Waals surface area contributed by atoms with Crippen LogP contribution in [0.1, 0.15) is 0 Å². The summed E-state index contributed by atoms with van der Waals surface area (Å²) in [5.74, 6) is -41.4. The fourth-order valence-corrected chi connectivity index (χ4v) is 1.37. The van der Waals surface area contributed by atoms with Gasteiger partial charge in [0.15, 0.2) is 0 Å².